The number of methoxy groups -OCH3 is 1. The van der Waals surface area contributed by atoms with Crippen LogP contribution in [0.3, 0.4) is 0 Å². The average molecular weight is 288 g/mol. The zero-order chi connectivity index (χ0) is 14.8. The molecule has 1 aromatic rings. The van der Waals surface area contributed by atoms with Gasteiger partial charge in [-0.15, -0.1) is 0 Å². The number of nitrogens with zero attached hydrogens (tertiary/aromatic N) is 1. The number of amides is 1. The molecule has 0 aliphatic carbocycles. The highest BCUT2D eigenvalue weighted by Gasteiger charge is 2.37. The van der Waals surface area contributed by atoms with Crippen molar-refractivity contribution in [2.45, 2.75) is 38.3 Å². The number of ether oxygens (including phenoxy) is 1. The van der Waals surface area contributed by atoms with Gasteiger partial charge in [-0.3, -0.25) is 4.79 Å². The van der Waals surface area contributed by atoms with Gasteiger partial charge in [0.15, 0.2) is 0 Å². The van der Waals surface area contributed by atoms with E-state index in [1.807, 2.05) is 12.1 Å². The summed E-state index contributed by atoms with van der Waals surface area (Å²) in [5.74, 6) is 1.33. The van der Waals surface area contributed by atoms with Crippen molar-refractivity contribution in [2.75, 3.05) is 20.2 Å². The van der Waals surface area contributed by atoms with Crippen LogP contribution < -0.4 is 10.1 Å². The van der Waals surface area contributed by atoms with Crippen LogP contribution in [0.25, 0.3) is 0 Å². The van der Waals surface area contributed by atoms with Crippen LogP contribution in [-0.2, 0) is 4.79 Å². The van der Waals surface area contributed by atoms with Crippen molar-refractivity contribution in [3.8, 4) is 5.75 Å². The summed E-state index contributed by atoms with van der Waals surface area (Å²) >= 11 is 0. The third kappa shape index (κ3) is 2.77. The molecule has 21 heavy (non-hydrogen) atoms. The van der Waals surface area contributed by atoms with Crippen molar-refractivity contribution in [2.24, 2.45) is 5.92 Å². The highest BCUT2D eigenvalue weighted by Crippen LogP contribution is 2.35. The van der Waals surface area contributed by atoms with E-state index in [2.05, 4.69) is 29.3 Å². The maximum atomic E-state index is 12.8. The first kappa shape index (κ1) is 14.4. The van der Waals surface area contributed by atoms with Gasteiger partial charge in [0.25, 0.3) is 0 Å². The summed E-state index contributed by atoms with van der Waals surface area (Å²) in [4.78, 5) is 14.9. The van der Waals surface area contributed by atoms with Crippen LogP contribution in [0.2, 0.25) is 0 Å². The molecule has 4 nitrogen and oxygen atoms in total. The van der Waals surface area contributed by atoms with Gasteiger partial charge in [-0.25, -0.2) is 0 Å². The number of rotatable bonds is 3. The van der Waals surface area contributed by atoms with Gasteiger partial charge in [0.1, 0.15) is 5.75 Å². The van der Waals surface area contributed by atoms with Crippen LogP contribution in [0.5, 0.6) is 5.75 Å². The first-order valence-electron chi connectivity index (χ1n) is 7.88. The fourth-order valence-corrected chi connectivity index (χ4v) is 3.61. The molecular formula is C17H24N2O2. The van der Waals surface area contributed by atoms with Crippen LogP contribution in [-0.4, -0.2) is 37.0 Å². The summed E-state index contributed by atoms with van der Waals surface area (Å²) < 4.78 is 5.21. The van der Waals surface area contributed by atoms with E-state index in [1.54, 1.807) is 7.11 Å². The molecule has 1 N–H and O–H groups in total. The maximum absolute atomic E-state index is 12.8. The molecule has 2 aliphatic rings. The Morgan fingerprint density at radius 1 is 1.29 bits per heavy atom. The van der Waals surface area contributed by atoms with E-state index in [9.17, 15) is 4.79 Å². The van der Waals surface area contributed by atoms with Crippen molar-refractivity contribution < 1.29 is 9.53 Å². The minimum absolute atomic E-state index is 0.142. The zero-order valence-electron chi connectivity index (χ0n) is 12.8. The van der Waals surface area contributed by atoms with Crippen LogP contribution >= 0.6 is 0 Å². The van der Waals surface area contributed by atoms with E-state index in [-0.39, 0.29) is 12.0 Å². The molecular weight excluding hydrogens is 264 g/mol. The summed E-state index contributed by atoms with van der Waals surface area (Å²) in [5.41, 5.74) is 1.22. The second-order valence-corrected chi connectivity index (χ2v) is 6.10. The highest BCUT2D eigenvalue weighted by molar-refractivity contribution is 5.80. The molecule has 1 amide bonds. The lowest BCUT2D eigenvalue weighted by Gasteiger charge is -2.29. The highest BCUT2D eigenvalue weighted by atomic mass is 16.5. The quantitative estimate of drug-likeness (QED) is 0.928. The molecule has 4 heteroatoms. The van der Waals surface area contributed by atoms with Gasteiger partial charge in [0, 0.05) is 12.6 Å². The van der Waals surface area contributed by atoms with E-state index in [1.165, 1.54) is 5.56 Å². The Hall–Kier alpha value is -1.55. The smallest absolute Gasteiger partial charge is 0.227 e. The summed E-state index contributed by atoms with van der Waals surface area (Å²) in [7, 11) is 1.68. The Kier molecular flexibility index (Phi) is 4.15. The van der Waals surface area contributed by atoms with Gasteiger partial charge in [-0.2, -0.15) is 0 Å². The van der Waals surface area contributed by atoms with Crippen LogP contribution in [0.4, 0.5) is 0 Å². The third-order valence-corrected chi connectivity index (χ3v) is 4.88. The number of likely N-dealkylation sites (tertiary alicyclic amines) is 1. The molecule has 2 aliphatic heterocycles. The zero-order valence-corrected chi connectivity index (χ0v) is 12.8. The fraction of sp³-hybridized carbons (Fsp3) is 0.588. The maximum Gasteiger partial charge on any atom is 0.227 e. The molecule has 2 fully saturated rings. The predicted molar refractivity (Wildman–Crippen MR) is 82.3 cm³/mol. The molecule has 0 bridgehead atoms. The van der Waals surface area contributed by atoms with E-state index >= 15 is 0 Å². The minimum atomic E-state index is 0.142. The molecule has 0 saturated carbocycles. The first-order chi connectivity index (χ1) is 10.2. The van der Waals surface area contributed by atoms with Gasteiger partial charge in [0.05, 0.1) is 19.1 Å². The van der Waals surface area contributed by atoms with Gasteiger partial charge in [0.2, 0.25) is 5.91 Å². The van der Waals surface area contributed by atoms with Gasteiger partial charge in [-0.1, -0.05) is 12.1 Å². The molecule has 3 rings (SSSR count). The SMILES string of the molecule is COc1ccc(C2CCCN2C(=O)C2CCNC2C)cc1. The van der Waals surface area contributed by atoms with Crippen molar-refractivity contribution in [3.05, 3.63) is 29.8 Å². The number of carbonyl (C=O) groups excluding carboxylic acids is 1. The molecule has 3 atom stereocenters. The number of nitrogens with one attached hydrogen (secondary N) is 1. The second-order valence-electron chi connectivity index (χ2n) is 6.10. The van der Waals surface area contributed by atoms with Crippen molar-refractivity contribution in [1.82, 2.24) is 10.2 Å². The largest absolute Gasteiger partial charge is 0.497 e. The average Bonchev–Trinajstić information content (AvgIpc) is 3.15. The van der Waals surface area contributed by atoms with E-state index in [0.717, 1.165) is 38.1 Å². The van der Waals surface area contributed by atoms with Gasteiger partial charge < -0.3 is 15.0 Å². The van der Waals surface area contributed by atoms with Crippen molar-refractivity contribution in [1.29, 1.82) is 0 Å². The molecule has 2 heterocycles. The molecule has 1 aromatic carbocycles. The lowest BCUT2D eigenvalue weighted by molar-refractivity contribution is -0.136. The lowest BCUT2D eigenvalue weighted by Crippen LogP contribution is -2.39. The number of hydrogen-bond donors (Lipinski definition) is 1. The third-order valence-electron chi connectivity index (χ3n) is 4.88. The van der Waals surface area contributed by atoms with Crippen LogP contribution in [0, 0.1) is 5.92 Å². The van der Waals surface area contributed by atoms with Crippen molar-refractivity contribution >= 4 is 5.91 Å². The first-order valence-corrected chi connectivity index (χ1v) is 7.88. The van der Waals surface area contributed by atoms with Gasteiger partial charge >= 0.3 is 0 Å². The van der Waals surface area contributed by atoms with E-state index in [0.29, 0.717) is 11.9 Å². The van der Waals surface area contributed by atoms with Crippen molar-refractivity contribution in [3.63, 3.8) is 0 Å². The van der Waals surface area contributed by atoms with E-state index in [4.69, 9.17) is 4.74 Å². The Morgan fingerprint density at radius 2 is 2.05 bits per heavy atom. The summed E-state index contributed by atoms with van der Waals surface area (Å²) in [5, 5.41) is 3.38. The second kappa shape index (κ2) is 6.06. The summed E-state index contributed by atoms with van der Waals surface area (Å²) in [6.07, 6.45) is 3.12. The Morgan fingerprint density at radius 3 is 2.67 bits per heavy atom. The Labute approximate surface area is 126 Å². The summed E-state index contributed by atoms with van der Waals surface area (Å²) in [6, 6.07) is 8.68. The number of benzene rings is 1. The van der Waals surface area contributed by atoms with Crippen LogP contribution in [0.15, 0.2) is 24.3 Å². The topological polar surface area (TPSA) is 41.6 Å². The molecule has 3 unspecified atom stereocenters. The monoisotopic (exact) mass is 288 g/mol. The molecule has 0 aromatic heterocycles. The normalized spacial score (nSPS) is 28.9. The van der Waals surface area contributed by atoms with E-state index < -0.39 is 0 Å². The Bertz CT molecular complexity index is 500. The van der Waals surface area contributed by atoms with Crippen LogP contribution in [0.1, 0.15) is 37.8 Å². The minimum Gasteiger partial charge on any atom is -0.497 e. The molecule has 0 spiro atoms. The molecule has 0 radical (unpaired) electrons. The summed E-state index contributed by atoms with van der Waals surface area (Å²) in [6.45, 7) is 3.96. The lowest BCUT2D eigenvalue weighted by atomic mass is 9.98. The molecule has 114 valence electrons. The predicted octanol–water partition coefficient (Wildman–Crippen LogP) is 2.36. The molecule has 2 saturated heterocycles. The number of hydrogen-bond acceptors (Lipinski definition) is 3. The van der Waals surface area contributed by atoms with Gasteiger partial charge in [-0.05, 0) is 50.4 Å². The number of carbonyl (C=O) groups is 1. The standard InChI is InChI=1S/C17H24N2O2/c1-12-15(9-10-18-12)17(20)19-11-3-4-16(19)13-5-7-14(21-2)8-6-13/h5-8,12,15-16,18H,3-4,9-11H2,1-2H3. The fourth-order valence-electron chi connectivity index (χ4n) is 3.61. The Balaban J connectivity index is 1.76.